The summed E-state index contributed by atoms with van der Waals surface area (Å²) in [5.41, 5.74) is 4.36. The maximum Gasteiger partial charge on any atom is 0.255 e. The summed E-state index contributed by atoms with van der Waals surface area (Å²) in [6, 6.07) is 15.3. The Hall–Kier alpha value is -2.88. The molecular formula is C18H17N3O. The first-order valence-electron chi connectivity index (χ1n) is 7.13. The van der Waals surface area contributed by atoms with Crippen LogP contribution in [0.1, 0.15) is 21.5 Å². The Balaban J connectivity index is 1.92. The standard InChI is InChI=1S/C18H17N3O/c1-13-8-9-15(14(2)12-13)18(22)20-16-6-3-4-7-17(16)21-11-5-10-19-21/h3-12H,1-2H3,(H,20,22). The lowest BCUT2D eigenvalue weighted by Gasteiger charge is -2.12. The molecule has 3 aromatic rings. The smallest absolute Gasteiger partial charge is 0.255 e. The second-order valence-electron chi connectivity index (χ2n) is 5.24. The van der Waals surface area contributed by atoms with Crippen LogP contribution < -0.4 is 5.32 Å². The van der Waals surface area contributed by atoms with Gasteiger partial charge in [0, 0.05) is 18.0 Å². The Bertz CT molecular complexity index is 807. The van der Waals surface area contributed by atoms with Crippen LogP contribution in [0.3, 0.4) is 0 Å². The first-order chi connectivity index (χ1) is 10.6. The molecule has 1 N–H and O–H groups in total. The number of nitrogens with one attached hydrogen (secondary N) is 1. The minimum atomic E-state index is -0.114. The molecule has 1 amide bonds. The Kier molecular flexibility index (Phi) is 3.74. The van der Waals surface area contributed by atoms with Crippen LogP contribution in [-0.4, -0.2) is 15.7 Å². The molecule has 0 spiro atoms. The number of aryl methyl sites for hydroxylation is 2. The van der Waals surface area contributed by atoms with E-state index in [9.17, 15) is 4.79 Å². The number of aromatic nitrogens is 2. The van der Waals surface area contributed by atoms with Crippen LogP contribution >= 0.6 is 0 Å². The van der Waals surface area contributed by atoms with E-state index in [1.165, 1.54) is 0 Å². The van der Waals surface area contributed by atoms with Gasteiger partial charge in [0.05, 0.1) is 11.4 Å². The van der Waals surface area contributed by atoms with Crippen LogP contribution in [0.25, 0.3) is 5.69 Å². The predicted octanol–water partition coefficient (Wildman–Crippen LogP) is 3.74. The van der Waals surface area contributed by atoms with Gasteiger partial charge < -0.3 is 5.32 Å². The summed E-state index contributed by atoms with van der Waals surface area (Å²) in [5.74, 6) is -0.114. The van der Waals surface area contributed by atoms with Gasteiger partial charge in [-0.25, -0.2) is 4.68 Å². The molecule has 4 heteroatoms. The monoisotopic (exact) mass is 291 g/mol. The van der Waals surface area contributed by atoms with Crippen molar-refractivity contribution in [1.82, 2.24) is 9.78 Å². The van der Waals surface area contributed by atoms with Crippen molar-refractivity contribution in [3.8, 4) is 5.69 Å². The largest absolute Gasteiger partial charge is 0.320 e. The highest BCUT2D eigenvalue weighted by Gasteiger charge is 2.12. The van der Waals surface area contributed by atoms with Crippen LogP contribution in [0.4, 0.5) is 5.69 Å². The number of amides is 1. The van der Waals surface area contributed by atoms with Gasteiger partial charge in [-0.1, -0.05) is 29.8 Å². The van der Waals surface area contributed by atoms with E-state index < -0.39 is 0 Å². The van der Waals surface area contributed by atoms with Crippen LogP contribution in [0.15, 0.2) is 60.9 Å². The number of para-hydroxylation sites is 2. The minimum Gasteiger partial charge on any atom is -0.320 e. The zero-order valence-corrected chi connectivity index (χ0v) is 12.6. The fraction of sp³-hybridized carbons (Fsp3) is 0.111. The van der Waals surface area contributed by atoms with Crippen molar-refractivity contribution in [3.63, 3.8) is 0 Å². The van der Waals surface area contributed by atoms with E-state index in [2.05, 4.69) is 10.4 Å². The molecule has 0 fully saturated rings. The molecular weight excluding hydrogens is 274 g/mol. The summed E-state index contributed by atoms with van der Waals surface area (Å²) in [6.45, 7) is 3.96. The van der Waals surface area contributed by atoms with Gasteiger partial charge in [0.15, 0.2) is 0 Å². The Labute approximate surface area is 129 Å². The molecule has 110 valence electrons. The Morgan fingerprint density at radius 2 is 1.91 bits per heavy atom. The fourth-order valence-electron chi connectivity index (χ4n) is 2.45. The number of anilines is 1. The highest BCUT2D eigenvalue weighted by Crippen LogP contribution is 2.20. The average molecular weight is 291 g/mol. The van der Waals surface area contributed by atoms with E-state index in [-0.39, 0.29) is 5.91 Å². The number of benzene rings is 2. The molecule has 22 heavy (non-hydrogen) atoms. The number of nitrogens with zero attached hydrogens (tertiary/aromatic N) is 2. The van der Waals surface area contributed by atoms with Gasteiger partial charge in [0.1, 0.15) is 0 Å². The second kappa shape index (κ2) is 5.85. The van der Waals surface area contributed by atoms with Gasteiger partial charge in [-0.3, -0.25) is 4.79 Å². The van der Waals surface area contributed by atoms with Crippen molar-refractivity contribution in [2.45, 2.75) is 13.8 Å². The van der Waals surface area contributed by atoms with Gasteiger partial charge in [0.25, 0.3) is 5.91 Å². The molecule has 3 rings (SSSR count). The van der Waals surface area contributed by atoms with Crippen molar-refractivity contribution < 1.29 is 4.79 Å². The summed E-state index contributed by atoms with van der Waals surface area (Å²) in [4.78, 5) is 12.5. The maximum absolute atomic E-state index is 12.5. The first kappa shape index (κ1) is 14.1. The van der Waals surface area contributed by atoms with Crippen LogP contribution in [0.2, 0.25) is 0 Å². The number of carbonyl (C=O) groups excluding carboxylic acids is 1. The lowest BCUT2D eigenvalue weighted by molar-refractivity contribution is 0.102. The highest BCUT2D eigenvalue weighted by atomic mass is 16.1. The molecule has 0 unspecified atom stereocenters. The fourth-order valence-corrected chi connectivity index (χ4v) is 2.45. The highest BCUT2D eigenvalue weighted by molar-refractivity contribution is 6.06. The van der Waals surface area contributed by atoms with Crippen molar-refractivity contribution in [1.29, 1.82) is 0 Å². The van der Waals surface area contributed by atoms with Crippen molar-refractivity contribution in [3.05, 3.63) is 77.6 Å². The molecule has 0 radical (unpaired) electrons. The zero-order valence-electron chi connectivity index (χ0n) is 12.6. The molecule has 4 nitrogen and oxygen atoms in total. The number of carbonyl (C=O) groups is 1. The minimum absolute atomic E-state index is 0.114. The summed E-state index contributed by atoms with van der Waals surface area (Å²) in [7, 11) is 0. The van der Waals surface area contributed by atoms with Crippen molar-refractivity contribution >= 4 is 11.6 Å². The SMILES string of the molecule is Cc1ccc(C(=O)Nc2ccccc2-n2cccn2)c(C)c1. The zero-order chi connectivity index (χ0) is 15.5. The van der Waals surface area contributed by atoms with Crippen LogP contribution in [0.5, 0.6) is 0 Å². The number of hydrogen-bond acceptors (Lipinski definition) is 2. The normalized spacial score (nSPS) is 10.5. The average Bonchev–Trinajstić information content (AvgIpc) is 3.01. The molecule has 0 saturated heterocycles. The molecule has 0 saturated carbocycles. The molecule has 1 heterocycles. The summed E-state index contributed by atoms with van der Waals surface area (Å²) in [5, 5.41) is 7.20. The van der Waals surface area contributed by atoms with E-state index in [1.807, 2.05) is 68.6 Å². The lowest BCUT2D eigenvalue weighted by Crippen LogP contribution is -2.15. The maximum atomic E-state index is 12.5. The second-order valence-corrected chi connectivity index (χ2v) is 5.24. The van der Waals surface area contributed by atoms with Gasteiger partial charge in [0.2, 0.25) is 0 Å². The third kappa shape index (κ3) is 2.76. The molecule has 0 aliphatic heterocycles. The molecule has 1 aromatic heterocycles. The topological polar surface area (TPSA) is 46.9 Å². The summed E-state index contributed by atoms with van der Waals surface area (Å²) >= 11 is 0. The van der Waals surface area contributed by atoms with E-state index in [1.54, 1.807) is 10.9 Å². The predicted molar refractivity (Wildman–Crippen MR) is 87.4 cm³/mol. The Morgan fingerprint density at radius 3 is 2.64 bits per heavy atom. The first-order valence-corrected chi connectivity index (χ1v) is 7.13. The van der Waals surface area contributed by atoms with Crippen LogP contribution in [0, 0.1) is 13.8 Å². The molecule has 0 aliphatic rings. The number of hydrogen-bond donors (Lipinski definition) is 1. The molecule has 0 aliphatic carbocycles. The van der Waals surface area contributed by atoms with E-state index in [0.29, 0.717) is 5.56 Å². The van der Waals surface area contributed by atoms with E-state index in [0.717, 1.165) is 22.5 Å². The van der Waals surface area contributed by atoms with Crippen LogP contribution in [-0.2, 0) is 0 Å². The molecule has 0 bridgehead atoms. The van der Waals surface area contributed by atoms with Gasteiger partial charge in [-0.15, -0.1) is 0 Å². The molecule has 2 aromatic carbocycles. The van der Waals surface area contributed by atoms with E-state index in [4.69, 9.17) is 0 Å². The van der Waals surface area contributed by atoms with E-state index >= 15 is 0 Å². The third-order valence-corrected chi connectivity index (χ3v) is 3.53. The van der Waals surface area contributed by atoms with Gasteiger partial charge in [-0.2, -0.15) is 5.10 Å². The Morgan fingerprint density at radius 1 is 1.09 bits per heavy atom. The van der Waals surface area contributed by atoms with Crippen molar-refractivity contribution in [2.24, 2.45) is 0 Å². The summed E-state index contributed by atoms with van der Waals surface area (Å²) in [6.07, 6.45) is 3.56. The summed E-state index contributed by atoms with van der Waals surface area (Å²) < 4.78 is 1.73. The quantitative estimate of drug-likeness (QED) is 0.799. The van der Waals surface area contributed by atoms with Crippen molar-refractivity contribution in [2.75, 3.05) is 5.32 Å². The third-order valence-electron chi connectivity index (χ3n) is 3.53. The van der Waals surface area contributed by atoms with Gasteiger partial charge >= 0.3 is 0 Å². The molecule has 0 atom stereocenters. The van der Waals surface area contributed by atoms with Gasteiger partial charge in [-0.05, 0) is 43.7 Å². The lowest BCUT2D eigenvalue weighted by atomic mass is 10.1. The number of rotatable bonds is 3.